The number of nitrogens with one attached hydrogen (secondary N) is 1. The molecule has 1 rings (SSSR count). The topological polar surface area (TPSA) is 46.2 Å². The van der Waals surface area contributed by atoms with Crippen LogP contribution in [0.2, 0.25) is 0 Å². The number of rotatable bonds is 7. The van der Waals surface area contributed by atoms with Crippen molar-refractivity contribution in [3.63, 3.8) is 0 Å². The van der Waals surface area contributed by atoms with E-state index in [1.807, 2.05) is 13.0 Å². The van der Waals surface area contributed by atoms with Crippen molar-refractivity contribution in [1.29, 1.82) is 0 Å². The molecule has 0 bridgehead atoms. The fraction of sp³-hybridized carbons (Fsp3) is 0.600. The second-order valence-corrected chi connectivity index (χ2v) is 8.59. The van der Waals surface area contributed by atoms with E-state index in [0.29, 0.717) is 18.5 Å². The van der Waals surface area contributed by atoms with Crippen LogP contribution in [0.25, 0.3) is 0 Å². The molecule has 1 N–H and O–H groups in total. The Kier molecular flexibility index (Phi) is 5.71. The van der Waals surface area contributed by atoms with E-state index < -0.39 is 14.6 Å². The minimum atomic E-state index is -3.09. The van der Waals surface area contributed by atoms with Crippen molar-refractivity contribution in [3.8, 4) is 0 Å². The molecular formula is C15H24FNO2S. The Bertz CT molecular complexity index is 541. The van der Waals surface area contributed by atoms with Crippen LogP contribution in [-0.2, 0) is 16.3 Å². The standard InChI is InChI=1S/C15H24FNO2S/c1-12(17-11-15(2,3)20(4,18)19)9-10-13-7-5-6-8-14(13)16/h5-8,12,17H,9-11H2,1-4H3. The number of benzene rings is 1. The molecule has 0 aromatic heterocycles. The third-order valence-corrected chi connectivity index (χ3v) is 5.84. The highest BCUT2D eigenvalue weighted by atomic mass is 32.2. The first-order valence-electron chi connectivity index (χ1n) is 6.80. The van der Waals surface area contributed by atoms with E-state index in [0.717, 1.165) is 6.42 Å². The Morgan fingerprint density at radius 3 is 2.45 bits per heavy atom. The summed E-state index contributed by atoms with van der Waals surface area (Å²) in [6, 6.07) is 6.87. The fourth-order valence-corrected chi connectivity index (χ4v) is 2.07. The van der Waals surface area contributed by atoms with Crippen LogP contribution in [0.3, 0.4) is 0 Å². The zero-order chi connectivity index (χ0) is 15.4. The van der Waals surface area contributed by atoms with E-state index >= 15 is 0 Å². The van der Waals surface area contributed by atoms with Crippen molar-refractivity contribution in [1.82, 2.24) is 5.32 Å². The van der Waals surface area contributed by atoms with Crippen molar-refractivity contribution in [2.24, 2.45) is 0 Å². The van der Waals surface area contributed by atoms with E-state index in [-0.39, 0.29) is 11.9 Å². The zero-order valence-corrected chi connectivity index (χ0v) is 13.4. The van der Waals surface area contributed by atoms with E-state index in [1.165, 1.54) is 12.3 Å². The van der Waals surface area contributed by atoms with Gasteiger partial charge in [0.05, 0.1) is 4.75 Å². The predicted molar refractivity (Wildman–Crippen MR) is 81.1 cm³/mol. The van der Waals surface area contributed by atoms with E-state index in [4.69, 9.17) is 0 Å². The second-order valence-electron chi connectivity index (χ2n) is 5.94. The van der Waals surface area contributed by atoms with Crippen molar-refractivity contribution in [3.05, 3.63) is 35.6 Å². The first-order valence-corrected chi connectivity index (χ1v) is 8.69. The highest BCUT2D eigenvalue weighted by Gasteiger charge is 2.30. The van der Waals surface area contributed by atoms with Gasteiger partial charge >= 0.3 is 0 Å². The molecule has 5 heteroatoms. The summed E-state index contributed by atoms with van der Waals surface area (Å²) < 4.78 is 35.9. The van der Waals surface area contributed by atoms with Crippen molar-refractivity contribution >= 4 is 9.84 Å². The lowest BCUT2D eigenvalue weighted by Crippen LogP contribution is -2.44. The monoisotopic (exact) mass is 301 g/mol. The second kappa shape index (κ2) is 6.68. The number of halogens is 1. The van der Waals surface area contributed by atoms with Crippen LogP contribution in [0.15, 0.2) is 24.3 Å². The van der Waals surface area contributed by atoms with Gasteiger partial charge in [0.1, 0.15) is 5.82 Å². The van der Waals surface area contributed by atoms with Crippen LogP contribution >= 0.6 is 0 Å². The summed E-state index contributed by atoms with van der Waals surface area (Å²) in [6.07, 6.45) is 2.65. The molecule has 0 fully saturated rings. The van der Waals surface area contributed by atoms with Gasteiger partial charge in [-0.15, -0.1) is 0 Å². The SMILES string of the molecule is CC(CCc1ccccc1F)NCC(C)(C)S(C)(=O)=O. The Morgan fingerprint density at radius 1 is 1.30 bits per heavy atom. The molecule has 114 valence electrons. The number of aryl methyl sites for hydroxylation is 1. The molecule has 0 spiro atoms. The van der Waals surface area contributed by atoms with Crippen LogP contribution in [0.4, 0.5) is 4.39 Å². The lowest BCUT2D eigenvalue weighted by molar-refractivity contribution is 0.461. The number of hydrogen-bond donors (Lipinski definition) is 1. The quantitative estimate of drug-likeness (QED) is 0.842. The molecular weight excluding hydrogens is 277 g/mol. The summed E-state index contributed by atoms with van der Waals surface area (Å²) >= 11 is 0. The molecule has 1 unspecified atom stereocenters. The summed E-state index contributed by atoms with van der Waals surface area (Å²) in [5.74, 6) is -0.184. The van der Waals surface area contributed by atoms with E-state index in [1.54, 1.807) is 26.0 Å². The summed E-state index contributed by atoms with van der Waals surface area (Å²) in [6.45, 7) is 5.79. The smallest absolute Gasteiger partial charge is 0.153 e. The molecule has 0 radical (unpaired) electrons. The van der Waals surface area contributed by atoms with Crippen molar-refractivity contribution in [2.75, 3.05) is 12.8 Å². The molecule has 0 heterocycles. The van der Waals surface area contributed by atoms with Crippen LogP contribution < -0.4 is 5.32 Å². The molecule has 0 aliphatic carbocycles. The maximum absolute atomic E-state index is 13.5. The molecule has 3 nitrogen and oxygen atoms in total. The lowest BCUT2D eigenvalue weighted by atomic mass is 10.1. The van der Waals surface area contributed by atoms with Gasteiger partial charge in [-0.05, 0) is 45.2 Å². The Morgan fingerprint density at radius 2 is 1.90 bits per heavy atom. The third kappa shape index (κ3) is 4.87. The van der Waals surface area contributed by atoms with Gasteiger partial charge in [-0.1, -0.05) is 18.2 Å². The largest absolute Gasteiger partial charge is 0.313 e. The first-order chi connectivity index (χ1) is 9.13. The highest BCUT2D eigenvalue weighted by Crippen LogP contribution is 2.15. The lowest BCUT2D eigenvalue weighted by Gasteiger charge is -2.25. The average molecular weight is 301 g/mol. The highest BCUT2D eigenvalue weighted by molar-refractivity contribution is 7.92. The summed E-state index contributed by atoms with van der Waals surface area (Å²) in [7, 11) is -3.09. The van der Waals surface area contributed by atoms with Crippen LogP contribution in [0, 0.1) is 5.82 Å². The molecule has 1 aromatic rings. The molecule has 0 saturated heterocycles. The first kappa shape index (κ1) is 17.1. The van der Waals surface area contributed by atoms with Gasteiger partial charge < -0.3 is 5.32 Å². The average Bonchev–Trinajstić information content (AvgIpc) is 2.34. The van der Waals surface area contributed by atoms with Gasteiger partial charge in [-0.2, -0.15) is 0 Å². The normalized spacial score (nSPS) is 14.2. The summed E-state index contributed by atoms with van der Waals surface area (Å²) in [4.78, 5) is 0. The van der Waals surface area contributed by atoms with Gasteiger partial charge in [0.2, 0.25) is 0 Å². The molecule has 0 aliphatic rings. The number of sulfone groups is 1. The molecule has 0 aliphatic heterocycles. The molecule has 0 saturated carbocycles. The zero-order valence-electron chi connectivity index (χ0n) is 12.6. The predicted octanol–water partition coefficient (Wildman–Crippen LogP) is 2.56. The summed E-state index contributed by atoms with van der Waals surface area (Å²) in [5.41, 5.74) is 0.698. The number of hydrogen-bond acceptors (Lipinski definition) is 3. The maximum Gasteiger partial charge on any atom is 0.153 e. The van der Waals surface area contributed by atoms with Crippen LogP contribution in [0.5, 0.6) is 0 Å². The minimum Gasteiger partial charge on any atom is -0.313 e. The Hall–Kier alpha value is -0.940. The molecule has 0 amide bonds. The van der Waals surface area contributed by atoms with Gasteiger partial charge in [0, 0.05) is 18.8 Å². The van der Waals surface area contributed by atoms with Gasteiger partial charge in [0.25, 0.3) is 0 Å². The van der Waals surface area contributed by atoms with Crippen LogP contribution in [0.1, 0.15) is 32.8 Å². The van der Waals surface area contributed by atoms with Gasteiger partial charge in [-0.25, -0.2) is 12.8 Å². The van der Waals surface area contributed by atoms with Crippen molar-refractivity contribution in [2.45, 2.75) is 44.4 Å². The van der Waals surface area contributed by atoms with E-state index in [2.05, 4.69) is 5.32 Å². The molecule has 1 atom stereocenters. The third-order valence-electron chi connectivity index (χ3n) is 3.68. The van der Waals surface area contributed by atoms with E-state index in [9.17, 15) is 12.8 Å². The maximum atomic E-state index is 13.5. The van der Waals surface area contributed by atoms with Gasteiger partial charge in [0.15, 0.2) is 9.84 Å². The molecule has 20 heavy (non-hydrogen) atoms. The Balaban J connectivity index is 2.46. The van der Waals surface area contributed by atoms with Gasteiger partial charge in [-0.3, -0.25) is 0 Å². The summed E-state index contributed by atoms with van der Waals surface area (Å²) in [5, 5.41) is 3.22. The molecule has 1 aromatic carbocycles. The fourth-order valence-electron chi connectivity index (χ4n) is 1.73. The Labute approximate surface area is 121 Å². The minimum absolute atomic E-state index is 0.135. The van der Waals surface area contributed by atoms with Crippen LogP contribution in [-0.4, -0.2) is 32.0 Å². The van der Waals surface area contributed by atoms with Crippen molar-refractivity contribution < 1.29 is 12.8 Å².